The molecular weight excluding hydrogens is 567 g/mol. The van der Waals surface area contributed by atoms with Gasteiger partial charge in [-0.2, -0.15) is 0 Å². The number of nitrogens with zero attached hydrogens (tertiary/aromatic N) is 1. The van der Waals surface area contributed by atoms with Crippen molar-refractivity contribution in [2.24, 2.45) is 5.73 Å². The Labute approximate surface area is 263 Å². The number of nitrogens with two attached hydrogens (primary N) is 1. The van der Waals surface area contributed by atoms with Crippen LogP contribution in [-0.2, 0) is 4.79 Å². The van der Waals surface area contributed by atoms with Gasteiger partial charge in [-0.25, -0.2) is 9.37 Å². The second-order valence-corrected chi connectivity index (χ2v) is 11.5. The molecule has 0 saturated heterocycles. The highest BCUT2D eigenvalue weighted by Gasteiger charge is 2.17. The fourth-order valence-electron chi connectivity index (χ4n) is 5.64. The number of nitrogens with one attached hydrogen (secondary N) is 2. The van der Waals surface area contributed by atoms with Crippen molar-refractivity contribution in [1.82, 2.24) is 9.97 Å². The van der Waals surface area contributed by atoms with Crippen LogP contribution in [0.4, 0.5) is 10.1 Å². The largest absolute Gasteiger partial charge is 0.481 e. The quantitative estimate of drug-likeness (QED) is 0.159. The molecule has 1 aliphatic carbocycles. The smallest absolute Gasteiger partial charge is 0.300 e. The first-order valence-electron chi connectivity index (χ1n) is 15.2. The average Bonchev–Trinajstić information content (AvgIpc) is 3.41. The molecule has 0 bridgehead atoms. The van der Waals surface area contributed by atoms with Crippen molar-refractivity contribution < 1.29 is 19.1 Å². The molecule has 0 spiro atoms. The summed E-state index contributed by atoms with van der Waals surface area (Å²) < 4.78 is 13.5. The van der Waals surface area contributed by atoms with Crippen LogP contribution in [0.1, 0.15) is 66.1 Å². The molecule has 5 aromatic rings. The van der Waals surface area contributed by atoms with E-state index >= 15 is 0 Å². The van der Waals surface area contributed by atoms with Gasteiger partial charge in [0.25, 0.3) is 11.9 Å². The molecule has 4 aromatic carbocycles. The third kappa shape index (κ3) is 8.79. The maximum Gasteiger partial charge on any atom is 0.300 e. The van der Waals surface area contributed by atoms with Crippen molar-refractivity contribution in [2.75, 3.05) is 5.32 Å². The summed E-state index contributed by atoms with van der Waals surface area (Å²) in [6.45, 7) is 7.32. The lowest BCUT2D eigenvalue weighted by Crippen LogP contribution is -2.24. The number of anilines is 1. The van der Waals surface area contributed by atoms with E-state index in [0.29, 0.717) is 17.1 Å². The van der Waals surface area contributed by atoms with E-state index in [-0.39, 0.29) is 11.7 Å². The Balaban J connectivity index is 0.000000192. The number of halogens is 1. The third-order valence-corrected chi connectivity index (χ3v) is 7.79. The van der Waals surface area contributed by atoms with Gasteiger partial charge in [-0.1, -0.05) is 67.8 Å². The highest BCUT2D eigenvalue weighted by molar-refractivity contribution is 5.98. The summed E-state index contributed by atoms with van der Waals surface area (Å²) in [6, 6.07) is 25.4. The lowest BCUT2D eigenvalue weighted by atomic mass is 9.92. The van der Waals surface area contributed by atoms with Gasteiger partial charge < -0.3 is 21.1 Å². The second-order valence-electron chi connectivity index (χ2n) is 11.5. The number of carboxylic acids is 1. The Morgan fingerprint density at radius 1 is 0.889 bits per heavy atom. The molecule has 1 aliphatic rings. The van der Waals surface area contributed by atoms with Gasteiger partial charge in [-0.3, -0.25) is 9.59 Å². The van der Waals surface area contributed by atoms with Crippen molar-refractivity contribution >= 4 is 28.6 Å². The molecule has 0 atom stereocenters. The van der Waals surface area contributed by atoms with Crippen LogP contribution in [0.15, 0.2) is 78.9 Å². The summed E-state index contributed by atoms with van der Waals surface area (Å²) in [5, 5.41) is 10.9. The Bertz CT molecular complexity index is 1790. The number of benzene rings is 4. The van der Waals surface area contributed by atoms with E-state index in [4.69, 9.17) is 15.6 Å². The molecule has 0 aliphatic heterocycles. The maximum absolute atomic E-state index is 13.5. The Hall–Kier alpha value is -4.98. The van der Waals surface area contributed by atoms with Crippen LogP contribution >= 0.6 is 0 Å². The summed E-state index contributed by atoms with van der Waals surface area (Å²) in [5.74, 6) is -0.693. The van der Waals surface area contributed by atoms with Crippen molar-refractivity contribution in [3.8, 4) is 22.5 Å². The predicted octanol–water partition coefficient (Wildman–Crippen LogP) is 8.58. The summed E-state index contributed by atoms with van der Waals surface area (Å²) in [6.07, 6.45) is 6.25. The summed E-state index contributed by atoms with van der Waals surface area (Å²) >= 11 is 0. The molecule has 5 N–H and O–H groups in total. The minimum atomic E-state index is -0.833. The molecule has 1 saturated carbocycles. The van der Waals surface area contributed by atoms with Crippen LogP contribution in [0.3, 0.4) is 0 Å². The van der Waals surface area contributed by atoms with E-state index in [1.807, 2.05) is 43.3 Å². The number of aromatic nitrogens is 2. The molecule has 0 unspecified atom stereocenters. The molecule has 8 heteroatoms. The van der Waals surface area contributed by atoms with Gasteiger partial charge in [-0.15, -0.1) is 0 Å². The van der Waals surface area contributed by atoms with E-state index in [0.717, 1.165) is 40.6 Å². The van der Waals surface area contributed by atoms with E-state index in [9.17, 15) is 9.18 Å². The summed E-state index contributed by atoms with van der Waals surface area (Å²) in [4.78, 5) is 28.3. The van der Waals surface area contributed by atoms with E-state index in [1.165, 1.54) is 60.9 Å². The minimum absolute atomic E-state index is 0.263. The molecule has 1 fully saturated rings. The maximum atomic E-state index is 13.5. The number of amides is 1. The lowest BCUT2D eigenvalue weighted by Gasteiger charge is -2.25. The van der Waals surface area contributed by atoms with Crippen LogP contribution in [-0.4, -0.2) is 33.0 Å². The van der Waals surface area contributed by atoms with Crippen molar-refractivity contribution in [2.45, 2.75) is 65.8 Å². The van der Waals surface area contributed by atoms with Crippen LogP contribution in [0.2, 0.25) is 0 Å². The molecule has 1 aromatic heterocycles. The molecular formula is C37H41FN4O3. The van der Waals surface area contributed by atoms with Gasteiger partial charge >= 0.3 is 0 Å². The van der Waals surface area contributed by atoms with Gasteiger partial charge in [0.2, 0.25) is 0 Å². The number of carbonyl (C=O) groups is 2. The monoisotopic (exact) mass is 608 g/mol. The number of aliphatic carboxylic acids is 1. The van der Waals surface area contributed by atoms with Gasteiger partial charge in [0.15, 0.2) is 0 Å². The standard InChI is InChI=1S/C21H17FN2.C14H20N2O.C2H4O2/c1-13-6-3-4-8-16(13)20-14(2)7-5-9-17(20)21-23-18-11-10-15(22)12-19(18)24-21;1-10-7-8-12(14(15)17)13(9-10)16-11-5-3-2-4-6-11;1-2(3)4/h3-12H,1-2H3,(H,23,24);7-9,11,16H,2-6H2,1H3,(H2,15,17);1H3,(H,3,4). The van der Waals surface area contributed by atoms with Crippen LogP contribution in [0, 0.1) is 26.6 Å². The van der Waals surface area contributed by atoms with E-state index < -0.39 is 5.97 Å². The zero-order valence-corrected chi connectivity index (χ0v) is 26.3. The van der Waals surface area contributed by atoms with E-state index in [2.05, 4.69) is 53.4 Å². The molecule has 45 heavy (non-hydrogen) atoms. The Morgan fingerprint density at radius 3 is 2.24 bits per heavy atom. The first-order chi connectivity index (χ1) is 21.5. The molecule has 234 valence electrons. The average molecular weight is 609 g/mol. The zero-order valence-electron chi connectivity index (χ0n) is 26.3. The zero-order chi connectivity index (χ0) is 32.5. The van der Waals surface area contributed by atoms with Crippen LogP contribution < -0.4 is 11.1 Å². The van der Waals surface area contributed by atoms with Crippen molar-refractivity contribution in [3.05, 3.63) is 107 Å². The number of carboxylic acid groups (broad SMARTS) is 1. The normalized spacial score (nSPS) is 12.8. The summed E-state index contributed by atoms with van der Waals surface area (Å²) in [5.41, 5.74) is 15.3. The van der Waals surface area contributed by atoms with Gasteiger partial charge in [0.1, 0.15) is 11.6 Å². The van der Waals surface area contributed by atoms with Gasteiger partial charge in [0, 0.05) is 24.2 Å². The number of aromatic amines is 1. The fraction of sp³-hybridized carbons (Fsp3) is 0.270. The molecule has 0 radical (unpaired) electrons. The minimum Gasteiger partial charge on any atom is -0.481 e. The molecule has 1 amide bonds. The Kier molecular flexibility index (Phi) is 11.1. The number of H-pyrrole nitrogens is 1. The topological polar surface area (TPSA) is 121 Å². The summed E-state index contributed by atoms with van der Waals surface area (Å²) in [7, 11) is 0. The number of carbonyl (C=O) groups excluding carboxylic acids is 1. The number of imidazole rings is 1. The highest BCUT2D eigenvalue weighted by atomic mass is 19.1. The first kappa shape index (κ1) is 32.9. The number of rotatable bonds is 5. The number of aryl methyl sites for hydroxylation is 3. The fourth-order valence-corrected chi connectivity index (χ4v) is 5.64. The van der Waals surface area contributed by atoms with Crippen molar-refractivity contribution in [3.63, 3.8) is 0 Å². The lowest BCUT2D eigenvalue weighted by molar-refractivity contribution is -0.134. The number of hydrogen-bond donors (Lipinski definition) is 4. The number of fused-ring (bicyclic) bond motifs is 1. The number of hydrogen-bond acceptors (Lipinski definition) is 4. The van der Waals surface area contributed by atoms with Crippen molar-refractivity contribution in [1.29, 1.82) is 0 Å². The van der Waals surface area contributed by atoms with Crippen LogP contribution in [0.5, 0.6) is 0 Å². The predicted molar refractivity (Wildman–Crippen MR) is 180 cm³/mol. The van der Waals surface area contributed by atoms with Crippen LogP contribution in [0.25, 0.3) is 33.5 Å². The first-order valence-corrected chi connectivity index (χ1v) is 15.2. The Morgan fingerprint density at radius 2 is 1.56 bits per heavy atom. The molecule has 6 rings (SSSR count). The second kappa shape index (κ2) is 15.1. The molecule has 7 nitrogen and oxygen atoms in total. The van der Waals surface area contributed by atoms with E-state index in [1.54, 1.807) is 6.07 Å². The highest BCUT2D eigenvalue weighted by Crippen LogP contribution is 2.36. The van der Waals surface area contributed by atoms with Gasteiger partial charge in [-0.05, 0) is 91.8 Å². The van der Waals surface area contributed by atoms with Gasteiger partial charge in [0.05, 0.1) is 16.6 Å². The third-order valence-electron chi connectivity index (χ3n) is 7.79. The SMILES string of the molecule is CC(=O)O.Cc1ccc(C(N)=O)c(NC2CCCCC2)c1.Cc1ccccc1-c1c(C)cccc1-c1nc2ccc(F)cc2[nH]1. The number of primary amides is 1. The molecule has 1 heterocycles.